The first-order valence-corrected chi connectivity index (χ1v) is 8.50. The highest BCUT2D eigenvalue weighted by atomic mass is 32.2. The van der Waals surface area contributed by atoms with Crippen molar-refractivity contribution in [3.63, 3.8) is 0 Å². The summed E-state index contributed by atoms with van der Waals surface area (Å²) in [6.45, 7) is 0.616. The van der Waals surface area contributed by atoms with Crippen LogP contribution in [-0.2, 0) is 9.84 Å². The molecular weight excluding hydrogens is 280 g/mol. The molecule has 7 heteroatoms. The molecule has 1 aliphatic carbocycles. The summed E-state index contributed by atoms with van der Waals surface area (Å²) in [7, 11) is -3.62. The normalized spacial score (nSPS) is 15.1. The summed E-state index contributed by atoms with van der Waals surface area (Å²) >= 11 is 0. The first kappa shape index (κ1) is 14.8. The van der Waals surface area contributed by atoms with Crippen LogP contribution in [0.1, 0.15) is 25.7 Å². The third kappa shape index (κ3) is 3.69. The van der Waals surface area contributed by atoms with Gasteiger partial charge in [-0.25, -0.2) is 8.42 Å². The van der Waals surface area contributed by atoms with E-state index in [4.69, 9.17) is 0 Å². The lowest BCUT2D eigenvalue weighted by Crippen LogP contribution is -2.08. The molecule has 110 valence electrons. The maximum absolute atomic E-state index is 11.6. The van der Waals surface area contributed by atoms with Gasteiger partial charge in [0.25, 0.3) is 0 Å². The standard InChI is InChI=1S/C13H18N2O4S/c1-20(18,19)12-6-2-5-11(13(12)15(16)17)14-9-3-4-10-7-8-10/h2,5-6,10,14H,3-4,7-9H2,1H3. The largest absolute Gasteiger partial charge is 0.379 e. The van der Waals surface area contributed by atoms with Crippen LogP contribution in [0.2, 0.25) is 0 Å². The van der Waals surface area contributed by atoms with Gasteiger partial charge in [0, 0.05) is 12.8 Å². The van der Waals surface area contributed by atoms with Crippen LogP contribution < -0.4 is 5.32 Å². The van der Waals surface area contributed by atoms with Gasteiger partial charge in [-0.3, -0.25) is 10.1 Å². The first-order valence-electron chi connectivity index (χ1n) is 6.61. The topological polar surface area (TPSA) is 89.3 Å². The van der Waals surface area contributed by atoms with Gasteiger partial charge in [-0.1, -0.05) is 18.9 Å². The van der Waals surface area contributed by atoms with E-state index in [-0.39, 0.29) is 16.3 Å². The zero-order chi connectivity index (χ0) is 14.8. The molecule has 1 saturated carbocycles. The van der Waals surface area contributed by atoms with Crippen LogP contribution in [0.25, 0.3) is 0 Å². The Labute approximate surface area is 118 Å². The van der Waals surface area contributed by atoms with Crippen molar-refractivity contribution in [1.82, 2.24) is 0 Å². The van der Waals surface area contributed by atoms with E-state index in [0.717, 1.165) is 25.0 Å². The van der Waals surface area contributed by atoms with Crippen LogP contribution in [-0.4, -0.2) is 26.1 Å². The summed E-state index contributed by atoms with van der Waals surface area (Å²) in [5.74, 6) is 0.814. The van der Waals surface area contributed by atoms with Crippen molar-refractivity contribution in [3.8, 4) is 0 Å². The molecule has 0 saturated heterocycles. The van der Waals surface area contributed by atoms with Gasteiger partial charge in [-0.05, 0) is 30.9 Å². The number of nitro groups is 1. The number of nitro benzene ring substituents is 1. The van der Waals surface area contributed by atoms with Gasteiger partial charge >= 0.3 is 5.69 Å². The molecule has 2 rings (SSSR count). The SMILES string of the molecule is CS(=O)(=O)c1cccc(NCCCC2CC2)c1[N+](=O)[O-]. The highest BCUT2D eigenvalue weighted by molar-refractivity contribution is 7.90. The summed E-state index contributed by atoms with van der Waals surface area (Å²) in [6, 6.07) is 4.33. The number of rotatable bonds is 7. The Morgan fingerprint density at radius 1 is 1.40 bits per heavy atom. The fraction of sp³-hybridized carbons (Fsp3) is 0.538. The van der Waals surface area contributed by atoms with Gasteiger partial charge in [-0.15, -0.1) is 0 Å². The second-order valence-corrected chi connectivity index (χ2v) is 7.18. The summed E-state index contributed by atoms with van der Waals surface area (Å²) in [5.41, 5.74) is -0.0878. The molecular formula is C13H18N2O4S. The van der Waals surface area contributed by atoms with Crippen molar-refractivity contribution in [1.29, 1.82) is 0 Å². The summed E-state index contributed by atoms with van der Waals surface area (Å²) in [5, 5.41) is 14.1. The molecule has 1 aromatic rings. The number of benzene rings is 1. The number of para-hydroxylation sites is 1. The lowest BCUT2D eigenvalue weighted by molar-refractivity contribution is -0.386. The molecule has 0 unspecified atom stereocenters. The third-order valence-electron chi connectivity index (χ3n) is 3.38. The third-order valence-corrected chi connectivity index (χ3v) is 4.51. The number of hydrogen-bond donors (Lipinski definition) is 1. The minimum atomic E-state index is -3.62. The Balaban J connectivity index is 2.16. The molecule has 0 bridgehead atoms. The van der Waals surface area contributed by atoms with Crippen LogP contribution in [0, 0.1) is 16.0 Å². The van der Waals surface area contributed by atoms with Crippen molar-refractivity contribution in [2.24, 2.45) is 5.92 Å². The lowest BCUT2D eigenvalue weighted by atomic mass is 10.2. The summed E-state index contributed by atoms with van der Waals surface area (Å²) in [4.78, 5) is 10.3. The van der Waals surface area contributed by atoms with E-state index >= 15 is 0 Å². The Hall–Kier alpha value is -1.63. The van der Waals surface area contributed by atoms with Gasteiger partial charge < -0.3 is 5.32 Å². The Bertz CT molecular complexity index is 609. The Kier molecular flexibility index (Phi) is 4.27. The second-order valence-electron chi connectivity index (χ2n) is 5.19. The van der Waals surface area contributed by atoms with E-state index in [1.165, 1.54) is 25.0 Å². The van der Waals surface area contributed by atoms with E-state index in [0.29, 0.717) is 6.54 Å². The maximum Gasteiger partial charge on any atom is 0.310 e. The molecule has 1 aliphatic rings. The quantitative estimate of drug-likeness (QED) is 0.475. The lowest BCUT2D eigenvalue weighted by Gasteiger charge is -2.09. The molecule has 0 atom stereocenters. The van der Waals surface area contributed by atoms with E-state index in [1.807, 2.05) is 0 Å². The molecule has 1 fully saturated rings. The molecule has 0 amide bonds. The average molecular weight is 298 g/mol. The molecule has 1 N–H and O–H groups in total. The zero-order valence-electron chi connectivity index (χ0n) is 11.3. The van der Waals surface area contributed by atoms with E-state index in [2.05, 4.69) is 5.32 Å². The maximum atomic E-state index is 11.6. The van der Waals surface area contributed by atoms with Gasteiger partial charge in [0.05, 0.1) is 4.92 Å². The van der Waals surface area contributed by atoms with Crippen LogP contribution in [0.4, 0.5) is 11.4 Å². The fourth-order valence-corrected chi connectivity index (χ4v) is 3.03. The average Bonchev–Trinajstić information content (AvgIpc) is 3.17. The number of anilines is 1. The number of sulfone groups is 1. The summed E-state index contributed by atoms with van der Waals surface area (Å²) < 4.78 is 23.2. The Morgan fingerprint density at radius 2 is 2.10 bits per heavy atom. The van der Waals surface area contributed by atoms with Gasteiger partial charge in [0.1, 0.15) is 10.6 Å². The van der Waals surface area contributed by atoms with E-state index in [1.54, 1.807) is 6.07 Å². The minimum absolute atomic E-state index is 0.241. The monoisotopic (exact) mass is 298 g/mol. The predicted octanol–water partition coefficient (Wildman–Crippen LogP) is 2.60. The highest BCUT2D eigenvalue weighted by Gasteiger charge is 2.26. The predicted molar refractivity (Wildman–Crippen MR) is 76.7 cm³/mol. The van der Waals surface area contributed by atoms with E-state index in [9.17, 15) is 18.5 Å². The molecule has 6 nitrogen and oxygen atoms in total. The van der Waals surface area contributed by atoms with Crippen molar-refractivity contribution in [3.05, 3.63) is 28.3 Å². The second kappa shape index (κ2) is 5.78. The van der Waals surface area contributed by atoms with E-state index < -0.39 is 14.8 Å². The number of hydrogen-bond acceptors (Lipinski definition) is 5. The number of nitrogens with zero attached hydrogens (tertiary/aromatic N) is 1. The highest BCUT2D eigenvalue weighted by Crippen LogP contribution is 2.34. The van der Waals surface area contributed by atoms with Crippen molar-refractivity contribution in [2.45, 2.75) is 30.6 Å². The molecule has 1 aromatic carbocycles. The van der Waals surface area contributed by atoms with Crippen LogP contribution in [0.15, 0.2) is 23.1 Å². The smallest absolute Gasteiger partial charge is 0.310 e. The fourth-order valence-electron chi connectivity index (χ4n) is 2.17. The van der Waals surface area contributed by atoms with Crippen LogP contribution >= 0.6 is 0 Å². The minimum Gasteiger partial charge on any atom is -0.379 e. The van der Waals surface area contributed by atoms with Crippen molar-refractivity contribution < 1.29 is 13.3 Å². The molecule has 0 radical (unpaired) electrons. The molecule has 0 spiro atoms. The van der Waals surface area contributed by atoms with Crippen LogP contribution in [0.3, 0.4) is 0 Å². The van der Waals surface area contributed by atoms with Gasteiger partial charge in [0.2, 0.25) is 0 Å². The molecule has 0 aromatic heterocycles. The molecule has 20 heavy (non-hydrogen) atoms. The first-order chi connectivity index (χ1) is 9.39. The number of nitrogens with one attached hydrogen (secondary N) is 1. The Morgan fingerprint density at radius 3 is 2.65 bits per heavy atom. The molecule has 0 heterocycles. The zero-order valence-corrected chi connectivity index (χ0v) is 12.1. The van der Waals surface area contributed by atoms with Gasteiger partial charge in [0.15, 0.2) is 9.84 Å². The van der Waals surface area contributed by atoms with Crippen molar-refractivity contribution in [2.75, 3.05) is 18.1 Å². The van der Waals surface area contributed by atoms with Crippen molar-refractivity contribution >= 4 is 21.2 Å². The van der Waals surface area contributed by atoms with Gasteiger partial charge in [-0.2, -0.15) is 0 Å². The van der Waals surface area contributed by atoms with Crippen LogP contribution in [0.5, 0.6) is 0 Å². The summed E-state index contributed by atoms with van der Waals surface area (Å²) in [6.07, 6.45) is 5.59. The molecule has 0 aliphatic heterocycles.